The van der Waals surface area contributed by atoms with Crippen molar-refractivity contribution in [3.05, 3.63) is 0 Å². The molecular formula is C13H23N3O. The van der Waals surface area contributed by atoms with Crippen molar-refractivity contribution in [2.75, 3.05) is 26.2 Å². The number of urea groups is 1. The first kappa shape index (κ1) is 11.3. The summed E-state index contributed by atoms with van der Waals surface area (Å²) in [4.78, 5) is 16.5. The van der Waals surface area contributed by atoms with E-state index < -0.39 is 0 Å². The maximum Gasteiger partial charge on any atom is 0.320 e. The fourth-order valence-electron chi connectivity index (χ4n) is 3.40. The van der Waals surface area contributed by atoms with E-state index in [-0.39, 0.29) is 0 Å². The van der Waals surface area contributed by atoms with Crippen molar-refractivity contribution in [3.63, 3.8) is 0 Å². The highest BCUT2D eigenvalue weighted by Crippen LogP contribution is 2.21. The lowest BCUT2D eigenvalue weighted by Crippen LogP contribution is -2.48. The lowest BCUT2D eigenvalue weighted by Gasteiger charge is -2.33. The van der Waals surface area contributed by atoms with Gasteiger partial charge >= 0.3 is 6.03 Å². The van der Waals surface area contributed by atoms with E-state index in [1.54, 1.807) is 0 Å². The predicted octanol–water partition coefficient (Wildman–Crippen LogP) is 1.42. The van der Waals surface area contributed by atoms with E-state index >= 15 is 0 Å². The van der Waals surface area contributed by atoms with Crippen molar-refractivity contribution < 1.29 is 4.79 Å². The summed E-state index contributed by atoms with van der Waals surface area (Å²) >= 11 is 0. The van der Waals surface area contributed by atoms with Gasteiger partial charge in [0.05, 0.1) is 0 Å². The molecule has 0 aliphatic carbocycles. The van der Waals surface area contributed by atoms with E-state index in [4.69, 9.17) is 0 Å². The Morgan fingerprint density at radius 1 is 0.882 bits per heavy atom. The molecule has 0 aromatic carbocycles. The van der Waals surface area contributed by atoms with Gasteiger partial charge in [0.1, 0.15) is 0 Å². The second kappa shape index (κ2) is 4.84. The van der Waals surface area contributed by atoms with Crippen molar-refractivity contribution >= 4 is 6.03 Å². The van der Waals surface area contributed by atoms with Gasteiger partial charge in [0.25, 0.3) is 0 Å². The molecule has 0 aromatic rings. The normalized spacial score (nSPS) is 33.6. The van der Waals surface area contributed by atoms with Crippen molar-refractivity contribution in [2.45, 2.75) is 50.6 Å². The van der Waals surface area contributed by atoms with E-state index in [1.807, 2.05) is 0 Å². The van der Waals surface area contributed by atoms with Gasteiger partial charge in [-0.05, 0) is 38.5 Å². The van der Waals surface area contributed by atoms with Gasteiger partial charge in [-0.1, -0.05) is 0 Å². The molecule has 2 atom stereocenters. The first-order valence-electron chi connectivity index (χ1n) is 7.13. The fraction of sp³-hybridized carbons (Fsp3) is 0.923. The van der Waals surface area contributed by atoms with E-state index in [0.29, 0.717) is 18.1 Å². The van der Waals surface area contributed by atoms with Gasteiger partial charge < -0.3 is 15.1 Å². The van der Waals surface area contributed by atoms with Crippen LogP contribution >= 0.6 is 0 Å². The summed E-state index contributed by atoms with van der Waals surface area (Å²) in [6, 6.07) is 1.51. The molecule has 2 bridgehead atoms. The van der Waals surface area contributed by atoms with Crippen molar-refractivity contribution in [1.29, 1.82) is 0 Å². The zero-order valence-corrected chi connectivity index (χ0v) is 10.5. The van der Waals surface area contributed by atoms with Crippen molar-refractivity contribution in [2.24, 2.45) is 0 Å². The number of rotatable bonds is 0. The first-order chi connectivity index (χ1) is 8.33. The van der Waals surface area contributed by atoms with Gasteiger partial charge in [0.2, 0.25) is 0 Å². The Balaban J connectivity index is 1.61. The molecule has 3 saturated heterocycles. The van der Waals surface area contributed by atoms with Crippen LogP contribution in [0.4, 0.5) is 4.79 Å². The molecule has 3 aliphatic rings. The standard InChI is InChI=1S/C13H23N3O/c17-13(15-7-2-1-3-8-15)16-9-6-11-4-5-12(10-16)14-11/h11-12,14H,1-10H2. The van der Waals surface area contributed by atoms with Gasteiger partial charge in [-0.25, -0.2) is 4.79 Å². The third kappa shape index (κ3) is 2.41. The largest absolute Gasteiger partial charge is 0.325 e. The zero-order chi connectivity index (χ0) is 11.7. The summed E-state index contributed by atoms with van der Waals surface area (Å²) in [5.41, 5.74) is 0. The molecule has 3 heterocycles. The molecule has 0 spiro atoms. The van der Waals surface area contributed by atoms with Gasteiger partial charge in [0.15, 0.2) is 0 Å². The van der Waals surface area contributed by atoms with Crippen LogP contribution in [0.3, 0.4) is 0 Å². The SMILES string of the molecule is O=C(N1CCCCC1)N1CCC2CCC(C1)N2. The molecule has 3 rings (SSSR count). The number of carbonyl (C=O) groups is 1. The Labute approximate surface area is 103 Å². The van der Waals surface area contributed by atoms with Crippen LogP contribution in [0.1, 0.15) is 38.5 Å². The zero-order valence-electron chi connectivity index (χ0n) is 10.5. The average Bonchev–Trinajstić information content (AvgIpc) is 2.69. The van der Waals surface area contributed by atoms with Gasteiger partial charge in [-0.3, -0.25) is 0 Å². The van der Waals surface area contributed by atoms with Crippen molar-refractivity contribution in [3.8, 4) is 0 Å². The molecule has 17 heavy (non-hydrogen) atoms. The minimum atomic E-state index is 0.291. The second-order valence-corrected chi connectivity index (χ2v) is 5.70. The predicted molar refractivity (Wildman–Crippen MR) is 67.0 cm³/mol. The molecular weight excluding hydrogens is 214 g/mol. The number of nitrogens with zero attached hydrogens (tertiary/aromatic N) is 2. The number of likely N-dealkylation sites (tertiary alicyclic amines) is 2. The molecule has 0 radical (unpaired) electrons. The molecule has 0 aromatic heterocycles. The quantitative estimate of drug-likeness (QED) is 0.691. The highest BCUT2D eigenvalue weighted by atomic mass is 16.2. The Morgan fingerprint density at radius 2 is 1.65 bits per heavy atom. The summed E-state index contributed by atoms with van der Waals surface area (Å²) in [7, 11) is 0. The maximum absolute atomic E-state index is 12.4. The smallest absolute Gasteiger partial charge is 0.320 e. The Kier molecular flexibility index (Phi) is 3.23. The average molecular weight is 237 g/mol. The molecule has 1 N–H and O–H groups in total. The fourth-order valence-corrected chi connectivity index (χ4v) is 3.40. The lowest BCUT2D eigenvalue weighted by molar-refractivity contribution is 0.141. The maximum atomic E-state index is 12.4. The molecule has 3 aliphatic heterocycles. The van der Waals surface area contributed by atoms with Crippen LogP contribution in [0.5, 0.6) is 0 Å². The van der Waals surface area contributed by atoms with Crippen LogP contribution in [0.15, 0.2) is 0 Å². The van der Waals surface area contributed by atoms with Crippen LogP contribution in [-0.4, -0.2) is 54.1 Å². The molecule has 2 unspecified atom stereocenters. The number of piperidine rings is 1. The van der Waals surface area contributed by atoms with Gasteiger partial charge in [-0.2, -0.15) is 0 Å². The minimum Gasteiger partial charge on any atom is -0.325 e. The molecule has 96 valence electrons. The highest BCUT2D eigenvalue weighted by molar-refractivity contribution is 5.74. The highest BCUT2D eigenvalue weighted by Gasteiger charge is 2.32. The van der Waals surface area contributed by atoms with Crippen LogP contribution in [-0.2, 0) is 0 Å². The number of fused-ring (bicyclic) bond motifs is 2. The van der Waals surface area contributed by atoms with E-state index in [0.717, 1.165) is 32.6 Å². The molecule has 2 amide bonds. The van der Waals surface area contributed by atoms with Crippen LogP contribution in [0.25, 0.3) is 0 Å². The summed E-state index contributed by atoms with van der Waals surface area (Å²) in [6.07, 6.45) is 7.34. The lowest BCUT2D eigenvalue weighted by atomic mass is 10.1. The third-order valence-corrected chi connectivity index (χ3v) is 4.42. The molecule has 3 fully saturated rings. The van der Waals surface area contributed by atoms with E-state index in [2.05, 4.69) is 15.1 Å². The number of hydrogen-bond donors (Lipinski definition) is 1. The third-order valence-electron chi connectivity index (χ3n) is 4.42. The Morgan fingerprint density at radius 3 is 2.47 bits per heavy atom. The number of nitrogens with one attached hydrogen (secondary N) is 1. The van der Waals surface area contributed by atoms with Gasteiger partial charge in [0, 0.05) is 38.3 Å². The molecule has 4 nitrogen and oxygen atoms in total. The van der Waals surface area contributed by atoms with Gasteiger partial charge in [-0.15, -0.1) is 0 Å². The molecule has 0 saturated carbocycles. The second-order valence-electron chi connectivity index (χ2n) is 5.70. The topological polar surface area (TPSA) is 35.6 Å². The summed E-state index contributed by atoms with van der Waals surface area (Å²) in [5, 5.41) is 3.63. The summed E-state index contributed by atoms with van der Waals surface area (Å²) in [6.45, 7) is 3.81. The minimum absolute atomic E-state index is 0.291. The van der Waals surface area contributed by atoms with E-state index in [1.165, 1.54) is 32.1 Å². The van der Waals surface area contributed by atoms with Crippen LogP contribution < -0.4 is 5.32 Å². The molecule has 4 heteroatoms. The summed E-state index contributed by atoms with van der Waals surface area (Å²) in [5.74, 6) is 0. The number of hydrogen-bond acceptors (Lipinski definition) is 2. The monoisotopic (exact) mass is 237 g/mol. The number of carbonyl (C=O) groups excluding carboxylic acids is 1. The Bertz CT molecular complexity index is 288. The van der Waals surface area contributed by atoms with Crippen LogP contribution in [0.2, 0.25) is 0 Å². The first-order valence-corrected chi connectivity index (χ1v) is 7.13. The number of amides is 2. The van der Waals surface area contributed by atoms with E-state index in [9.17, 15) is 4.79 Å². The van der Waals surface area contributed by atoms with Crippen molar-refractivity contribution in [1.82, 2.24) is 15.1 Å². The Hall–Kier alpha value is -0.770. The van der Waals surface area contributed by atoms with Crippen LogP contribution in [0, 0.1) is 0 Å². The summed E-state index contributed by atoms with van der Waals surface area (Å²) < 4.78 is 0.